The molecule has 1 fully saturated rings. The predicted molar refractivity (Wildman–Crippen MR) is 71.0 cm³/mol. The minimum Gasteiger partial charge on any atom is -0.478 e. The number of carboxylic acids is 1. The Kier molecular flexibility index (Phi) is 3.90. The first-order valence-corrected chi connectivity index (χ1v) is 7.59. The first-order valence-electron chi connectivity index (χ1n) is 5.03. The van der Waals surface area contributed by atoms with Crippen LogP contribution in [0, 0.1) is 3.57 Å². The lowest BCUT2D eigenvalue weighted by molar-refractivity contribution is 0.00482. The van der Waals surface area contributed by atoms with Gasteiger partial charge in [-0.15, -0.1) is 0 Å². The summed E-state index contributed by atoms with van der Waals surface area (Å²) in [6.07, 6.45) is 0. The lowest BCUT2D eigenvalue weighted by Crippen LogP contribution is -2.48. The van der Waals surface area contributed by atoms with Gasteiger partial charge in [-0.2, -0.15) is 0 Å². The molecule has 0 bridgehead atoms. The Bertz CT molecular complexity index is 582. The molecule has 0 atom stereocenters. The Balaban J connectivity index is 2.32. The normalized spacial score (nSPS) is 16.3. The van der Waals surface area contributed by atoms with Crippen LogP contribution in [0.15, 0.2) is 23.1 Å². The van der Waals surface area contributed by atoms with Crippen molar-refractivity contribution in [3.63, 3.8) is 0 Å². The lowest BCUT2D eigenvalue weighted by Gasteiger charge is -2.26. The van der Waals surface area contributed by atoms with Gasteiger partial charge in [0.05, 0.1) is 29.7 Å². The molecule has 18 heavy (non-hydrogen) atoms. The van der Waals surface area contributed by atoms with Gasteiger partial charge in [-0.05, 0) is 40.8 Å². The third-order valence-electron chi connectivity index (χ3n) is 2.44. The van der Waals surface area contributed by atoms with Crippen LogP contribution in [-0.4, -0.2) is 38.7 Å². The summed E-state index contributed by atoms with van der Waals surface area (Å²) < 4.78 is 31.7. The third-order valence-corrected chi connectivity index (χ3v) is 4.90. The molecular weight excluding hydrogens is 373 g/mol. The molecule has 2 N–H and O–H groups in total. The average molecular weight is 383 g/mol. The first-order chi connectivity index (χ1) is 8.40. The molecular formula is C10H10INO5S. The second-order valence-corrected chi connectivity index (χ2v) is 6.68. The number of rotatable bonds is 4. The summed E-state index contributed by atoms with van der Waals surface area (Å²) in [5, 5.41) is 8.96. The fourth-order valence-electron chi connectivity index (χ4n) is 1.43. The van der Waals surface area contributed by atoms with E-state index >= 15 is 0 Å². The van der Waals surface area contributed by atoms with Crippen molar-refractivity contribution in [1.82, 2.24) is 4.72 Å². The molecule has 6 nitrogen and oxygen atoms in total. The van der Waals surface area contributed by atoms with E-state index < -0.39 is 16.0 Å². The largest absolute Gasteiger partial charge is 0.478 e. The number of benzene rings is 1. The zero-order chi connectivity index (χ0) is 13.3. The molecule has 1 aromatic carbocycles. The van der Waals surface area contributed by atoms with Crippen LogP contribution >= 0.6 is 22.6 Å². The molecule has 1 aliphatic heterocycles. The van der Waals surface area contributed by atoms with Crippen LogP contribution in [0.25, 0.3) is 0 Å². The number of hydrogen-bond donors (Lipinski definition) is 2. The first kappa shape index (κ1) is 13.7. The van der Waals surface area contributed by atoms with Crippen molar-refractivity contribution in [2.45, 2.75) is 10.9 Å². The van der Waals surface area contributed by atoms with E-state index in [9.17, 15) is 13.2 Å². The zero-order valence-corrected chi connectivity index (χ0v) is 12.1. The Morgan fingerprint density at radius 2 is 2.11 bits per heavy atom. The number of carboxylic acid groups (broad SMARTS) is 1. The lowest BCUT2D eigenvalue weighted by atomic mass is 10.2. The third kappa shape index (κ3) is 2.82. The number of hydrogen-bond acceptors (Lipinski definition) is 4. The van der Waals surface area contributed by atoms with Gasteiger partial charge in [0, 0.05) is 3.57 Å². The Morgan fingerprint density at radius 1 is 1.44 bits per heavy atom. The molecule has 0 aliphatic carbocycles. The highest BCUT2D eigenvalue weighted by Crippen LogP contribution is 2.18. The number of nitrogens with one attached hydrogen (secondary N) is 1. The second kappa shape index (κ2) is 5.11. The van der Waals surface area contributed by atoms with Crippen molar-refractivity contribution in [1.29, 1.82) is 0 Å². The standard InChI is InChI=1S/C10H10INO5S/c11-9-2-1-7(3-8(9)10(13)14)18(15,16)12-6-4-17-5-6/h1-3,6,12H,4-5H2,(H,13,14). The number of halogens is 1. The van der Waals surface area contributed by atoms with Gasteiger partial charge in [0.15, 0.2) is 0 Å². The minimum absolute atomic E-state index is 0.0247. The summed E-state index contributed by atoms with van der Waals surface area (Å²) in [6.45, 7) is 0.685. The molecule has 0 amide bonds. The molecule has 1 aromatic rings. The molecule has 0 saturated carbocycles. The topological polar surface area (TPSA) is 92.7 Å². The molecule has 0 aromatic heterocycles. The van der Waals surface area contributed by atoms with E-state index in [1.165, 1.54) is 12.1 Å². The maximum Gasteiger partial charge on any atom is 0.336 e. The van der Waals surface area contributed by atoms with Crippen molar-refractivity contribution in [3.05, 3.63) is 27.3 Å². The number of aromatic carboxylic acids is 1. The predicted octanol–water partition coefficient (Wildman–Crippen LogP) is 0.666. The summed E-state index contributed by atoms with van der Waals surface area (Å²) in [4.78, 5) is 10.9. The van der Waals surface area contributed by atoms with E-state index in [0.717, 1.165) is 6.07 Å². The van der Waals surface area contributed by atoms with Gasteiger partial charge in [0.1, 0.15) is 0 Å². The van der Waals surface area contributed by atoms with Gasteiger partial charge in [0.2, 0.25) is 10.0 Å². The summed E-state index contributed by atoms with van der Waals surface area (Å²) in [5.41, 5.74) is -0.0247. The molecule has 2 rings (SSSR count). The van der Waals surface area contributed by atoms with Crippen molar-refractivity contribution in [3.8, 4) is 0 Å². The number of carbonyl (C=O) groups is 1. The van der Waals surface area contributed by atoms with Crippen LogP contribution in [-0.2, 0) is 14.8 Å². The van der Waals surface area contributed by atoms with Crippen LogP contribution in [0.3, 0.4) is 0 Å². The van der Waals surface area contributed by atoms with Crippen molar-refractivity contribution in [2.75, 3.05) is 13.2 Å². The van der Waals surface area contributed by atoms with Crippen molar-refractivity contribution in [2.24, 2.45) is 0 Å². The van der Waals surface area contributed by atoms with E-state index in [2.05, 4.69) is 4.72 Å². The summed E-state index contributed by atoms with van der Waals surface area (Å²) in [6, 6.07) is 3.78. The summed E-state index contributed by atoms with van der Waals surface area (Å²) >= 11 is 1.85. The van der Waals surface area contributed by atoms with E-state index in [4.69, 9.17) is 9.84 Å². The van der Waals surface area contributed by atoms with Gasteiger partial charge in [-0.3, -0.25) is 0 Å². The minimum atomic E-state index is -3.69. The van der Waals surface area contributed by atoms with E-state index in [-0.39, 0.29) is 16.5 Å². The molecule has 0 radical (unpaired) electrons. The van der Waals surface area contributed by atoms with Gasteiger partial charge in [-0.25, -0.2) is 17.9 Å². The Labute approximate surface area is 118 Å². The van der Waals surface area contributed by atoms with Crippen LogP contribution in [0.1, 0.15) is 10.4 Å². The molecule has 0 spiro atoms. The smallest absolute Gasteiger partial charge is 0.336 e. The SMILES string of the molecule is O=C(O)c1cc(S(=O)(=O)NC2COC2)ccc1I. The van der Waals surface area contributed by atoms with E-state index in [1.54, 1.807) is 0 Å². The van der Waals surface area contributed by atoms with Gasteiger partial charge in [0.25, 0.3) is 0 Å². The van der Waals surface area contributed by atoms with Crippen LogP contribution < -0.4 is 4.72 Å². The van der Waals surface area contributed by atoms with Gasteiger partial charge in [-0.1, -0.05) is 0 Å². The molecule has 1 heterocycles. The average Bonchev–Trinajstić information content (AvgIpc) is 2.23. The molecule has 0 unspecified atom stereocenters. The highest BCUT2D eigenvalue weighted by atomic mass is 127. The quantitative estimate of drug-likeness (QED) is 0.746. The highest BCUT2D eigenvalue weighted by Gasteiger charge is 2.26. The molecule has 1 aliphatic rings. The monoisotopic (exact) mass is 383 g/mol. The van der Waals surface area contributed by atoms with Crippen molar-refractivity contribution < 1.29 is 23.1 Å². The van der Waals surface area contributed by atoms with Gasteiger partial charge >= 0.3 is 5.97 Å². The highest BCUT2D eigenvalue weighted by molar-refractivity contribution is 14.1. The maximum atomic E-state index is 12.0. The van der Waals surface area contributed by atoms with Crippen LogP contribution in [0.4, 0.5) is 0 Å². The molecule has 1 saturated heterocycles. The fourth-order valence-corrected chi connectivity index (χ4v) is 3.22. The van der Waals surface area contributed by atoms with Crippen LogP contribution in [0.2, 0.25) is 0 Å². The second-order valence-electron chi connectivity index (χ2n) is 3.80. The summed E-state index contributed by atoms with van der Waals surface area (Å²) in [5.74, 6) is -1.15. The number of sulfonamides is 1. The van der Waals surface area contributed by atoms with Gasteiger partial charge < -0.3 is 9.84 Å². The van der Waals surface area contributed by atoms with Crippen LogP contribution in [0.5, 0.6) is 0 Å². The van der Waals surface area contributed by atoms with Crippen molar-refractivity contribution >= 4 is 38.6 Å². The zero-order valence-electron chi connectivity index (χ0n) is 9.09. The maximum absolute atomic E-state index is 12.0. The number of ether oxygens (including phenoxy) is 1. The Morgan fingerprint density at radius 3 is 2.61 bits per heavy atom. The van der Waals surface area contributed by atoms with E-state index in [1.807, 2.05) is 22.6 Å². The molecule has 98 valence electrons. The fraction of sp³-hybridized carbons (Fsp3) is 0.300. The molecule has 8 heteroatoms. The summed E-state index contributed by atoms with van der Waals surface area (Å²) in [7, 11) is -3.69. The van der Waals surface area contributed by atoms with E-state index in [0.29, 0.717) is 16.8 Å². The Hall–Kier alpha value is -0.710.